The topological polar surface area (TPSA) is 63.6 Å². The first kappa shape index (κ1) is 24.3. The van der Waals surface area contributed by atoms with Crippen molar-refractivity contribution in [2.45, 2.75) is 26.6 Å². The van der Waals surface area contributed by atoms with Gasteiger partial charge in [0.25, 0.3) is 5.91 Å². The van der Waals surface area contributed by atoms with Gasteiger partial charge in [-0.3, -0.25) is 9.69 Å². The van der Waals surface area contributed by atoms with Crippen molar-refractivity contribution in [1.82, 2.24) is 9.91 Å². The fraction of sp³-hybridized carbons (Fsp3) is 0.286. The van der Waals surface area contributed by atoms with Crippen LogP contribution in [0.4, 0.5) is 0 Å². The zero-order chi connectivity index (χ0) is 24.9. The number of hydrogen-bond donors (Lipinski definition) is 0. The Morgan fingerprint density at radius 3 is 2.14 bits per heavy atom. The molecule has 1 fully saturated rings. The van der Waals surface area contributed by atoms with Gasteiger partial charge in [0.1, 0.15) is 6.17 Å². The molecule has 0 aromatic heterocycles. The van der Waals surface area contributed by atoms with Crippen LogP contribution in [0, 0.1) is 6.92 Å². The zero-order valence-electron chi connectivity index (χ0n) is 20.8. The highest BCUT2D eigenvalue weighted by molar-refractivity contribution is 5.99. The van der Waals surface area contributed by atoms with Gasteiger partial charge in [0.05, 0.1) is 33.6 Å². The zero-order valence-corrected chi connectivity index (χ0v) is 20.8. The Labute approximate surface area is 206 Å². The Bertz CT molecular complexity index is 1180. The SMILES string of the molecule is COc1cc([C@H]2N(Cc3ccccc3)CC(=O)N2/N=C(/C)c2ccc(C)cc2)cc(OC)c1OC. The molecular formula is C28H31N3O4. The lowest BCUT2D eigenvalue weighted by atomic mass is 10.1. The molecule has 4 rings (SSSR count). The molecule has 3 aromatic carbocycles. The number of ether oxygens (including phenoxy) is 3. The molecule has 1 atom stereocenters. The maximum absolute atomic E-state index is 13.3. The van der Waals surface area contributed by atoms with Gasteiger partial charge in [-0.15, -0.1) is 0 Å². The molecule has 1 heterocycles. The van der Waals surface area contributed by atoms with Crippen molar-refractivity contribution in [3.8, 4) is 17.2 Å². The van der Waals surface area contributed by atoms with Crippen molar-refractivity contribution >= 4 is 11.6 Å². The minimum atomic E-state index is -0.447. The Kier molecular flexibility index (Phi) is 7.36. The predicted octanol–water partition coefficient (Wildman–Crippen LogP) is 4.79. The van der Waals surface area contributed by atoms with Gasteiger partial charge in [-0.05, 0) is 42.7 Å². The molecule has 1 amide bonds. The van der Waals surface area contributed by atoms with E-state index < -0.39 is 6.17 Å². The van der Waals surface area contributed by atoms with Crippen LogP contribution in [-0.4, -0.2) is 49.4 Å². The Morgan fingerprint density at radius 1 is 0.943 bits per heavy atom. The second-order valence-electron chi connectivity index (χ2n) is 8.51. The second-order valence-corrected chi connectivity index (χ2v) is 8.51. The molecule has 0 spiro atoms. The number of benzene rings is 3. The van der Waals surface area contributed by atoms with Crippen molar-refractivity contribution in [2.24, 2.45) is 5.10 Å². The molecule has 7 nitrogen and oxygen atoms in total. The maximum Gasteiger partial charge on any atom is 0.258 e. The smallest absolute Gasteiger partial charge is 0.258 e. The van der Waals surface area contributed by atoms with Gasteiger partial charge in [0, 0.05) is 6.54 Å². The van der Waals surface area contributed by atoms with Gasteiger partial charge in [-0.25, -0.2) is 5.01 Å². The summed E-state index contributed by atoms with van der Waals surface area (Å²) in [4.78, 5) is 15.4. The lowest BCUT2D eigenvalue weighted by Crippen LogP contribution is -2.29. The largest absolute Gasteiger partial charge is 0.493 e. The average molecular weight is 474 g/mol. The molecule has 0 unspecified atom stereocenters. The van der Waals surface area contributed by atoms with Gasteiger partial charge in [-0.1, -0.05) is 60.2 Å². The summed E-state index contributed by atoms with van der Waals surface area (Å²) in [6.07, 6.45) is -0.447. The van der Waals surface area contributed by atoms with Gasteiger partial charge in [0.15, 0.2) is 11.5 Å². The van der Waals surface area contributed by atoms with Crippen molar-refractivity contribution in [3.63, 3.8) is 0 Å². The van der Waals surface area contributed by atoms with Gasteiger partial charge < -0.3 is 14.2 Å². The molecule has 1 aliphatic heterocycles. The first-order chi connectivity index (χ1) is 16.9. The quantitative estimate of drug-likeness (QED) is 0.440. The summed E-state index contributed by atoms with van der Waals surface area (Å²) in [6, 6.07) is 22.0. The fourth-order valence-corrected chi connectivity index (χ4v) is 4.31. The molecule has 0 N–H and O–H groups in total. The number of nitrogens with zero attached hydrogens (tertiary/aromatic N) is 3. The highest BCUT2D eigenvalue weighted by atomic mass is 16.5. The summed E-state index contributed by atoms with van der Waals surface area (Å²) >= 11 is 0. The summed E-state index contributed by atoms with van der Waals surface area (Å²) in [7, 11) is 4.74. The van der Waals surface area contributed by atoms with Gasteiger partial charge in [-0.2, -0.15) is 5.10 Å². The van der Waals surface area contributed by atoms with Crippen LogP contribution < -0.4 is 14.2 Å². The Morgan fingerprint density at radius 2 is 1.57 bits per heavy atom. The number of methoxy groups -OCH3 is 3. The monoisotopic (exact) mass is 473 g/mol. The minimum absolute atomic E-state index is 0.0776. The molecule has 0 aliphatic carbocycles. The lowest BCUT2D eigenvalue weighted by molar-refractivity contribution is -0.128. The summed E-state index contributed by atoms with van der Waals surface area (Å²) in [5, 5.41) is 6.37. The van der Waals surface area contributed by atoms with Gasteiger partial charge >= 0.3 is 0 Å². The predicted molar refractivity (Wildman–Crippen MR) is 136 cm³/mol. The highest BCUT2D eigenvalue weighted by Gasteiger charge is 2.40. The third-order valence-electron chi connectivity index (χ3n) is 6.11. The number of hydrogen-bond acceptors (Lipinski definition) is 6. The van der Waals surface area contributed by atoms with E-state index in [1.807, 2.05) is 68.4 Å². The van der Waals surface area contributed by atoms with E-state index in [1.165, 1.54) is 5.56 Å². The van der Waals surface area contributed by atoms with Crippen LogP contribution in [0.5, 0.6) is 17.2 Å². The van der Waals surface area contributed by atoms with Crippen LogP contribution in [0.2, 0.25) is 0 Å². The first-order valence-corrected chi connectivity index (χ1v) is 11.5. The van der Waals surface area contributed by atoms with Crippen LogP contribution in [-0.2, 0) is 11.3 Å². The van der Waals surface area contributed by atoms with E-state index in [0.29, 0.717) is 23.8 Å². The number of amides is 1. The number of aryl methyl sites for hydroxylation is 1. The second kappa shape index (κ2) is 10.6. The van der Waals surface area contributed by atoms with Crippen LogP contribution in [0.3, 0.4) is 0 Å². The summed E-state index contributed by atoms with van der Waals surface area (Å²) in [6.45, 7) is 4.79. The van der Waals surface area contributed by atoms with E-state index >= 15 is 0 Å². The van der Waals surface area contributed by atoms with E-state index in [1.54, 1.807) is 26.3 Å². The van der Waals surface area contributed by atoms with Crippen molar-refractivity contribution in [3.05, 3.63) is 89.0 Å². The van der Waals surface area contributed by atoms with E-state index in [2.05, 4.69) is 17.0 Å². The van der Waals surface area contributed by atoms with Crippen molar-refractivity contribution in [1.29, 1.82) is 0 Å². The molecular weight excluding hydrogens is 442 g/mol. The van der Waals surface area contributed by atoms with Crippen molar-refractivity contribution < 1.29 is 19.0 Å². The third kappa shape index (κ3) is 5.15. The average Bonchev–Trinajstić information content (AvgIpc) is 3.17. The molecule has 0 radical (unpaired) electrons. The molecule has 1 aliphatic rings. The van der Waals surface area contributed by atoms with Crippen LogP contribution in [0.1, 0.15) is 35.3 Å². The van der Waals surface area contributed by atoms with Crippen molar-refractivity contribution in [2.75, 3.05) is 27.9 Å². The number of carbonyl (C=O) groups excluding carboxylic acids is 1. The summed E-state index contributed by atoms with van der Waals surface area (Å²) in [5.74, 6) is 1.48. The van der Waals surface area contributed by atoms with E-state index in [-0.39, 0.29) is 12.5 Å². The molecule has 1 saturated heterocycles. The first-order valence-electron chi connectivity index (χ1n) is 11.5. The Balaban J connectivity index is 1.80. The van der Waals surface area contributed by atoms with Crippen LogP contribution >= 0.6 is 0 Å². The summed E-state index contributed by atoms with van der Waals surface area (Å²) in [5.41, 5.74) is 4.83. The number of carbonyl (C=O) groups is 1. The highest BCUT2D eigenvalue weighted by Crippen LogP contribution is 2.43. The van der Waals surface area contributed by atoms with E-state index in [9.17, 15) is 4.79 Å². The lowest BCUT2D eigenvalue weighted by Gasteiger charge is -2.29. The normalized spacial score (nSPS) is 16.5. The van der Waals surface area contributed by atoms with Gasteiger partial charge in [0.2, 0.25) is 5.75 Å². The van der Waals surface area contributed by atoms with E-state index in [4.69, 9.17) is 19.3 Å². The fourth-order valence-electron chi connectivity index (χ4n) is 4.31. The molecule has 3 aromatic rings. The molecule has 35 heavy (non-hydrogen) atoms. The van der Waals surface area contributed by atoms with E-state index in [0.717, 1.165) is 22.4 Å². The molecule has 182 valence electrons. The maximum atomic E-state index is 13.3. The minimum Gasteiger partial charge on any atom is -0.493 e. The molecule has 0 saturated carbocycles. The molecule has 7 heteroatoms. The number of hydrazone groups is 1. The van der Waals surface area contributed by atoms with Crippen LogP contribution in [0.15, 0.2) is 71.8 Å². The van der Waals surface area contributed by atoms with Crippen LogP contribution in [0.25, 0.3) is 0 Å². The number of rotatable bonds is 8. The summed E-state index contributed by atoms with van der Waals surface area (Å²) < 4.78 is 16.7. The molecule has 0 bridgehead atoms. The standard InChI is InChI=1S/C28H31N3O4/c1-19-11-13-22(14-12-19)20(2)29-31-26(32)18-30(17-21-9-7-6-8-10-21)28(31)23-15-24(33-3)27(35-5)25(16-23)34-4/h6-16,28H,17-18H2,1-5H3/b29-20-/t28-/m0/s1. The Hall–Kier alpha value is -3.84. The third-order valence-corrected chi connectivity index (χ3v) is 6.11.